The molecule has 1 fully saturated rings. The second-order valence-electron chi connectivity index (χ2n) is 6.44. The van der Waals surface area contributed by atoms with Crippen LogP contribution in [0.25, 0.3) is 0 Å². The van der Waals surface area contributed by atoms with Gasteiger partial charge in [-0.15, -0.1) is 0 Å². The minimum absolute atomic E-state index is 0.102. The van der Waals surface area contributed by atoms with Crippen LogP contribution in [0.1, 0.15) is 52.5 Å². The highest BCUT2D eigenvalue weighted by Gasteiger charge is 2.51. The van der Waals surface area contributed by atoms with Crippen LogP contribution in [0.3, 0.4) is 0 Å². The van der Waals surface area contributed by atoms with Gasteiger partial charge in [-0.25, -0.2) is 0 Å². The van der Waals surface area contributed by atoms with Gasteiger partial charge in [-0.3, -0.25) is 0 Å². The molecule has 1 aromatic rings. The van der Waals surface area contributed by atoms with Crippen molar-refractivity contribution in [3.63, 3.8) is 0 Å². The van der Waals surface area contributed by atoms with Crippen LogP contribution >= 0.6 is 0 Å². The molecule has 0 saturated carbocycles. The molecule has 0 N–H and O–H groups in total. The monoisotopic (exact) mass is 260 g/mol. The highest BCUT2D eigenvalue weighted by atomic mass is 16.7. The summed E-state index contributed by atoms with van der Waals surface area (Å²) in [5.74, 6) is 0.496. The van der Waals surface area contributed by atoms with Crippen molar-refractivity contribution in [3.8, 4) is 0 Å². The minimum Gasteiger partial charge on any atom is -0.403 e. The van der Waals surface area contributed by atoms with Crippen molar-refractivity contribution in [2.75, 3.05) is 0 Å². The molecule has 2 nitrogen and oxygen atoms in total. The summed E-state index contributed by atoms with van der Waals surface area (Å²) in [5, 5.41) is 0. The van der Waals surface area contributed by atoms with Gasteiger partial charge in [0.15, 0.2) is 0 Å². The summed E-state index contributed by atoms with van der Waals surface area (Å²) >= 11 is 0. The van der Waals surface area contributed by atoms with Gasteiger partial charge >= 0.3 is 7.12 Å². The molecule has 1 saturated heterocycles. The van der Waals surface area contributed by atoms with E-state index in [2.05, 4.69) is 65.0 Å². The van der Waals surface area contributed by atoms with E-state index in [1.807, 2.05) is 0 Å². The Morgan fingerprint density at radius 2 is 1.53 bits per heavy atom. The maximum absolute atomic E-state index is 6.10. The topological polar surface area (TPSA) is 18.5 Å². The van der Waals surface area contributed by atoms with Crippen molar-refractivity contribution in [2.24, 2.45) is 0 Å². The zero-order valence-corrected chi connectivity index (χ0v) is 12.8. The molecule has 1 aliphatic rings. The molecule has 104 valence electrons. The second kappa shape index (κ2) is 5.30. The molecule has 0 unspecified atom stereocenters. The van der Waals surface area contributed by atoms with E-state index in [1.165, 1.54) is 5.56 Å². The van der Waals surface area contributed by atoms with Crippen molar-refractivity contribution in [2.45, 2.75) is 64.5 Å². The van der Waals surface area contributed by atoms with Crippen molar-refractivity contribution in [3.05, 3.63) is 35.9 Å². The maximum Gasteiger partial charge on any atom is 0.458 e. The maximum atomic E-state index is 6.10. The van der Waals surface area contributed by atoms with Gasteiger partial charge in [-0.1, -0.05) is 37.3 Å². The molecular formula is C16H25BO2. The lowest BCUT2D eigenvalue weighted by Crippen LogP contribution is -2.41. The molecule has 0 aliphatic carbocycles. The molecular weight excluding hydrogens is 235 g/mol. The Bertz CT molecular complexity index is 398. The molecule has 0 spiro atoms. The van der Waals surface area contributed by atoms with E-state index in [0.29, 0.717) is 5.92 Å². The Hall–Kier alpha value is -0.795. The Balaban J connectivity index is 2.06. The summed E-state index contributed by atoms with van der Waals surface area (Å²) in [7, 11) is -0.102. The van der Waals surface area contributed by atoms with E-state index >= 15 is 0 Å². The second-order valence-corrected chi connectivity index (χ2v) is 6.44. The molecule has 1 atom stereocenters. The van der Waals surface area contributed by atoms with E-state index in [0.717, 1.165) is 12.7 Å². The van der Waals surface area contributed by atoms with Crippen LogP contribution in [-0.2, 0) is 9.31 Å². The first-order valence-electron chi connectivity index (χ1n) is 7.26. The molecule has 0 radical (unpaired) electrons. The van der Waals surface area contributed by atoms with Gasteiger partial charge in [0.2, 0.25) is 0 Å². The minimum atomic E-state index is -0.230. The molecule has 0 aromatic heterocycles. The van der Waals surface area contributed by atoms with Gasteiger partial charge in [-0.2, -0.15) is 0 Å². The first kappa shape index (κ1) is 14.6. The third-order valence-corrected chi connectivity index (χ3v) is 4.54. The largest absolute Gasteiger partial charge is 0.458 e. The van der Waals surface area contributed by atoms with E-state index < -0.39 is 0 Å². The summed E-state index contributed by atoms with van der Waals surface area (Å²) in [6, 6.07) is 10.6. The fourth-order valence-corrected chi connectivity index (χ4v) is 2.56. The Morgan fingerprint density at radius 3 is 2.00 bits per heavy atom. The molecule has 1 aliphatic heterocycles. The number of benzene rings is 1. The van der Waals surface area contributed by atoms with Crippen LogP contribution in [0.5, 0.6) is 0 Å². The van der Waals surface area contributed by atoms with Gasteiger partial charge in [0.25, 0.3) is 0 Å². The summed E-state index contributed by atoms with van der Waals surface area (Å²) in [6.07, 6.45) is 2.03. The van der Waals surface area contributed by atoms with Gasteiger partial charge in [0.05, 0.1) is 11.2 Å². The molecule has 3 heteroatoms. The summed E-state index contributed by atoms with van der Waals surface area (Å²) in [5.41, 5.74) is 0.916. The summed E-state index contributed by atoms with van der Waals surface area (Å²) < 4.78 is 12.2. The van der Waals surface area contributed by atoms with Crippen molar-refractivity contribution in [1.29, 1.82) is 0 Å². The number of rotatable bonds is 4. The normalized spacial score (nSPS) is 22.5. The lowest BCUT2D eigenvalue weighted by molar-refractivity contribution is 0.00578. The van der Waals surface area contributed by atoms with Crippen molar-refractivity contribution < 1.29 is 9.31 Å². The summed E-state index contributed by atoms with van der Waals surface area (Å²) in [4.78, 5) is 0. The Morgan fingerprint density at radius 1 is 1.00 bits per heavy atom. The Labute approximate surface area is 117 Å². The van der Waals surface area contributed by atoms with E-state index in [9.17, 15) is 0 Å². The average Bonchev–Trinajstić information content (AvgIpc) is 2.56. The molecule has 19 heavy (non-hydrogen) atoms. The molecule has 2 rings (SSSR count). The van der Waals surface area contributed by atoms with Crippen molar-refractivity contribution in [1.82, 2.24) is 0 Å². The first-order valence-corrected chi connectivity index (χ1v) is 7.26. The van der Waals surface area contributed by atoms with E-state index in [1.54, 1.807) is 0 Å². The fourth-order valence-electron chi connectivity index (χ4n) is 2.56. The first-order chi connectivity index (χ1) is 8.86. The Kier molecular flexibility index (Phi) is 4.07. The molecule has 0 bridgehead atoms. The predicted molar refractivity (Wildman–Crippen MR) is 80.4 cm³/mol. The lowest BCUT2D eigenvalue weighted by atomic mass is 9.74. The zero-order valence-electron chi connectivity index (χ0n) is 12.8. The standard InChI is InChI=1S/C16H25BO2/c1-6-13(14-10-8-7-9-11-14)12-17-18-15(2,3)16(4,5)19-17/h7-11,13H,6,12H2,1-5H3/t13-/m0/s1. The van der Waals surface area contributed by atoms with Crippen LogP contribution in [-0.4, -0.2) is 18.3 Å². The molecule has 1 heterocycles. The number of hydrogen-bond acceptors (Lipinski definition) is 2. The molecule has 1 aromatic carbocycles. The highest BCUT2D eigenvalue weighted by molar-refractivity contribution is 6.45. The van der Waals surface area contributed by atoms with Crippen LogP contribution < -0.4 is 0 Å². The quantitative estimate of drug-likeness (QED) is 0.752. The SMILES string of the molecule is CC[C@@H](CB1OC(C)(C)C(C)(C)O1)c1ccccc1. The van der Waals surface area contributed by atoms with Gasteiger partial charge in [0.1, 0.15) is 0 Å². The fraction of sp³-hybridized carbons (Fsp3) is 0.625. The average molecular weight is 260 g/mol. The van der Waals surface area contributed by atoms with Gasteiger partial charge in [0, 0.05) is 0 Å². The van der Waals surface area contributed by atoms with Gasteiger partial charge in [-0.05, 0) is 51.9 Å². The zero-order chi connectivity index (χ0) is 14.1. The van der Waals surface area contributed by atoms with Gasteiger partial charge < -0.3 is 9.31 Å². The molecule has 0 amide bonds. The smallest absolute Gasteiger partial charge is 0.403 e. The number of hydrogen-bond donors (Lipinski definition) is 0. The third kappa shape index (κ3) is 3.03. The summed E-state index contributed by atoms with van der Waals surface area (Å²) in [6.45, 7) is 10.7. The van der Waals surface area contributed by atoms with Crippen LogP contribution in [0, 0.1) is 0 Å². The lowest BCUT2D eigenvalue weighted by Gasteiger charge is -2.32. The van der Waals surface area contributed by atoms with Crippen molar-refractivity contribution >= 4 is 7.12 Å². The predicted octanol–water partition coefficient (Wildman–Crippen LogP) is 4.27. The third-order valence-electron chi connectivity index (χ3n) is 4.54. The van der Waals surface area contributed by atoms with Crippen LogP contribution in [0.4, 0.5) is 0 Å². The van der Waals surface area contributed by atoms with Crippen LogP contribution in [0.2, 0.25) is 6.32 Å². The highest BCUT2D eigenvalue weighted by Crippen LogP contribution is 2.40. The van der Waals surface area contributed by atoms with Crippen LogP contribution in [0.15, 0.2) is 30.3 Å². The van der Waals surface area contributed by atoms with E-state index in [-0.39, 0.29) is 18.3 Å². The van der Waals surface area contributed by atoms with E-state index in [4.69, 9.17) is 9.31 Å².